The van der Waals surface area contributed by atoms with E-state index in [9.17, 15) is 0 Å². The van der Waals surface area contributed by atoms with Gasteiger partial charge < -0.3 is 4.90 Å². The second-order valence-electron chi connectivity index (χ2n) is 4.99. The summed E-state index contributed by atoms with van der Waals surface area (Å²) in [5.74, 6) is 1.36. The molecule has 1 fully saturated rings. The van der Waals surface area contributed by atoms with Gasteiger partial charge >= 0.3 is 0 Å². The summed E-state index contributed by atoms with van der Waals surface area (Å²) in [7, 11) is 0. The normalized spacial score (nSPS) is 16.8. The number of halogens is 1. The van der Waals surface area contributed by atoms with Gasteiger partial charge in [-0.25, -0.2) is 9.97 Å². The number of nitrogens with zero attached hydrogens (tertiary/aromatic N) is 3. The van der Waals surface area contributed by atoms with E-state index in [1.165, 1.54) is 32.1 Å². The van der Waals surface area contributed by atoms with Crippen LogP contribution in [0.3, 0.4) is 0 Å². The Morgan fingerprint density at radius 3 is 2.61 bits per heavy atom. The molecule has 0 atom stereocenters. The van der Waals surface area contributed by atoms with Gasteiger partial charge in [-0.1, -0.05) is 19.3 Å². The molecule has 3 nitrogen and oxygen atoms in total. The molecular formula is C14H22ClN3. The fourth-order valence-electron chi connectivity index (χ4n) is 2.70. The van der Waals surface area contributed by atoms with E-state index in [-0.39, 0.29) is 0 Å². The number of hydrogen-bond donors (Lipinski definition) is 0. The van der Waals surface area contributed by atoms with Crippen LogP contribution in [0.25, 0.3) is 0 Å². The lowest BCUT2D eigenvalue weighted by molar-refractivity contribution is 0.414. The van der Waals surface area contributed by atoms with Crippen LogP contribution in [0.5, 0.6) is 0 Å². The molecule has 18 heavy (non-hydrogen) atoms. The van der Waals surface area contributed by atoms with Gasteiger partial charge in [0.1, 0.15) is 0 Å². The first kappa shape index (κ1) is 13.6. The Morgan fingerprint density at radius 2 is 2.06 bits per heavy atom. The Bertz CT molecular complexity index is 389. The average Bonchev–Trinajstić information content (AvgIpc) is 2.41. The number of aryl methyl sites for hydroxylation is 1. The van der Waals surface area contributed by atoms with Gasteiger partial charge in [0, 0.05) is 30.0 Å². The van der Waals surface area contributed by atoms with Crippen LogP contribution >= 0.6 is 11.6 Å². The summed E-state index contributed by atoms with van der Waals surface area (Å²) in [5.41, 5.74) is 2.03. The van der Waals surface area contributed by atoms with E-state index < -0.39 is 0 Å². The predicted octanol–water partition coefficient (Wildman–Crippen LogP) is 3.68. The van der Waals surface area contributed by atoms with E-state index >= 15 is 0 Å². The molecule has 0 radical (unpaired) electrons. The first-order valence-corrected chi connectivity index (χ1v) is 7.44. The van der Waals surface area contributed by atoms with Crippen molar-refractivity contribution in [2.24, 2.45) is 0 Å². The minimum atomic E-state index is 0.488. The third kappa shape index (κ3) is 2.94. The van der Waals surface area contributed by atoms with Gasteiger partial charge in [-0.15, -0.1) is 11.6 Å². The minimum absolute atomic E-state index is 0.488. The molecule has 0 bridgehead atoms. The van der Waals surface area contributed by atoms with E-state index in [0.29, 0.717) is 11.9 Å². The molecule has 100 valence electrons. The summed E-state index contributed by atoms with van der Waals surface area (Å²) in [4.78, 5) is 11.5. The highest BCUT2D eigenvalue weighted by Gasteiger charge is 2.22. The molecule has 0 spiro atoms. The lowest BCUT2D eigenvalue weighted by Gasteiger charge is -2.33. The summed E-state index contributed by atoms with van der Waals surface area (Å²) in [6.07, 6.45) is 8.45. The molecule has 4 heteroatoms. The summed E-state index contributed by atoms with van der Waals surface area (Å²) in [5, 5.41) is 0. The van der Waals surface area contributed by atoms with Crippen LogP contribution in [-0.4, -0.2) is 22.6 Å². The molecule has 1 aromatic rings. The predicted molar refractivity (Wildman–Crippen MR) is 76.2 cm³/mol. The van der Waals surface area contributed by atoms with E-state index in [4.69, 9.17) is 11.6 Å². The molecule has 0 N–H and O–H groups in total. The van der Waals surface area contributed by atoms with Crippen LogP contribution < -0.4 is 4.90 Å². The first-order valence-electron chi connectivity index (χ1n) is 6.91. The second-order valence-corrected chi connectivity index (χ2v) is 5.26. The Kier molecular flexibility index (Phi) is 4.81. The molecule has 1 aliphatic rings. The topological polar surface area (TPSA) is 29.0 Å². The van der Waals surface area contributed by atoms with Crippen molar-refractivity contribution in [3.63, 3.8) is 0 Å². The van der Waals surface area contributed by atoms with Crippen LogP contribution in [0, 0.1) is 6.92 Å². The molecule has 1 heterocycles. The van der Waals surface area contributed by atoms with E-state index in [1.54, 1.807) is 0 Å². The monoisotopic (exact) mass is 267 g/mol. The number of rotatable bonds is 4. The van der Waals surface area contributed by atoms with Crippen LogP contribution in [0.2, 0.25) is 0 Å². The summed E-state index contributed by atoms with van der Waals surface area (Å²) in [6, 6.07) is 0.616. The standard InChI is InChI=1S/C14H22ClN3/c1-3-18(13-7-5-4-6-8-13)14-16-10-12(9-15)11(2)17-14/h10,13H,3-9H2,1-2H3. The smallest absolute Gasteiger partial charge is 0.225 e. The highest BCUT2D eigenvalue weighted by atomic mass is 35.5. The molecule has 0 saturated heterocycles. The molecule has 0 unspecified atom stereocenters. The van der Waals surface area contributed by atoms with Crippen LogP contribution in [0.15, 0.2) is 6.20 Å². The van der Waals surface area contributed by atoms with Crippen molar-refractivity contribution in [1.29, 1.82) is 0 Å². The Labute approximate surface area is 115 Å². The highest BCUT2D eigenvalue weighted by Crippen LogP contribution is 2.25. The van der Waals surface area contributed by atoms with E-state index in [0.717, 1.165) is 23.8 Å². The molecule has 2 rings (SSSR count). The lowest BCUT2D eigenvalue weighted by Crippen LogP contribution is -2.38. The summed E-state index contributed by atoms with van der Waals surface area (Å²) < 4.78 is 0. The average molecular weight is 268 g/mol. The summed E-state index contributed by atoms with van der Waals surface area (Å²) in [6.45, 7) is 5.17. The van der Waals surface area contributed by atoms with Crippen molar-refractivity contribution in [3.8, 4) is 0 Å². The zero-order valence-electron chi connectivity index (χ0n) is 11.3. The van der Waals surface area contributed by atoms with Crippen molar-refractivity contribution in [1.82, 2.24) is 9.97 Å². The third-order valence-electron chi connectivity index (χ3n) is 3.83. The van der Waals surface area contributed by atoms with Gasteiger partial charge in [0.25, 0.3) is 0 Å². The fraction of sp³-hybridized carbons (Fsp3) is 0.714. The summed E-state index contributed by atoms with van der Waals surface area (Å²) >= 11 is 5.85. The molecule has 0 aromatic carbocycles. The van der Waals surface area contributed by atoms with Crippen molar-refractivity contribution >= 4 is 17.5 Å². The van der Waals surface area contributed by atoms with Gasteiger partial charge in [0.05, 0.1) is 5.88 Å². The van der Waals surface area contributed by atoms with Gasteiger partial charge in [-0.05, 0) is 26.7 Å². The van der Waals surface area contributed by atoms with Gasteiger partial charge in [0.15, 0.2) is 0 Å². The van der Waals surface area contributed by atoms with E-state index in [2.05, 4.69) is 21.8 Å². The number of aromatic nitrogens is 2. The van der Waals surface area contributed by atoms with Gasteiger partial charge in [-0.3, -0.25) is 0 Å². The van der Waals surface area contributed by atoms with Gasteiger partial charge in [0.2, 0.25) is 5.95 Å². The van der Waals surface area contributed by atoms with Crippen molar-refractivity contribution in [2.45, 2.75) is 57.9 Å². The minimum Gasteiger partial charge on any atom is -0.338 e. The Morgan fingerprint density at radius 1 is 1.33 bits per heavy atom. The van der Waals surface area contributed by atoms with Crippen molar-refractivity contribution in [3.05, 3.63) is 17.5 Å². The largest absolute Gasteiger partial charge is 0.338 e. The number of anilines is 1. The molecule has 1 aliphatic carbocycles. The zero-order chi connectivity index (χ0) is 13.0. The number of alkyl halides is 1. The van der Waals surface area contributed by atoms with Gasteiger partial charge in [-0.2, -0.15) is 0 Å². The van der Waals surface area contributed by atoms with Crippen LogP contribution in [0.1, 0.15) is 50.3 Å². The van der Waals surface area contributed by atoms with Crippen LogP contribution in [-0.2, 0) is 5.88 Å². The van der Waals surface area contributed by atoms with Crippen molar-refractivity contribution in [2.75, 3.05) is 11.4 Å². The maximum Gasteiger partial charge on any atom is 0.225 e. The molecule has 0 aliphatic heterocycles. The molecule has 1 saturated carbocycles. The first-order chi connectivity index (χ1) is 8.76. The lowest BCUT2D eigenvalue weighted by atomic mass is 9.94. The quantitative estimate of drug-likeness (QED) is 0.779. The van der Waals surface area contributed by atoms with Crippen molar-refractivity contribution < 1.29 is 0 Å². The second kappa shape index (κ2) is 6.37. The molecule has 1 aromatic heterocycles. The Hall–Kier alpha value is -0.830. The SMILES string of the molecule is CCN(c1ncc(CCl)c(C)n1)C1CCCCC1. The maximum atomic E-state index is 5.85. The zero-order valence-corrected chi connectivity index (χ0v) is 12.1. The van der Waals surface area contributed by atoms with Crippen LogP contribution in [0.4, 0.5) is 5.95 Å². The fourth-order valence-corrected chi connectivity index (χ4v) is 2.97. The van der Waals surface area contributed by atoms with E-state index in [1.807, 2.05) is 13.1 Å². The highest BCUT2D eigenvalue weighted by molar-refractivity contribution is 6.17. The third-order valence-corrected chi connectivity index (χ3v) is 4.11. The molecule has 0 amide bonds. The maximum absolute atomic E-state index is 5.85. The number of hydrogen-bond acceptors (Lipinski definition) is 3. The Balaban J connectivity index is 2.18. The molecular weight excluding hydrogens is 246 g/mol.